The Morgan fingerprint density at radius 2 is 1.94 bits per heavy atom. The van der Waals surface area contributed by atoms with Gasteiger partial charge in [-0.2, -0.15) is 0 Å². The van der Waals surface area contributed by atoms with Gasteiger partial charge in [-0.1, -0.05) is 39.0 Å². The highest BCUT2D eigenvalue weighted by molar-refractivity contribution is 5.37. The Labute approximate surface area is 104 Å². The van der Waals surface area contributed by atoms with Gasteiger partial charge in [0.25, 0.3) is 0 Å². The minimum atomic E-state index is -0.392. The smallest absolute Gasteiger partial charge is 0.0645 e. The zero-order valence-corrected chi connectivity index (χ0v) is 11.3. The summed E-state index contributed by atoms with van der Waals surface area (Å²) < 4.78 is 0. The van der Waals surface area contributed by atoms with Crippen molar-refractivity contribution in [3.63, 3.8) is 0 Å². The molecule has 0 aromatic rings. The molecule has 0 unspecified atom stereocenters. The van der Waals surface area contributed by atoms with Gasteiger partial charge in [0.05, 0.1) is 12.2 Å². The minimum absolute atomic E-state index is 0.118. The van der Waals surface area contributed by atoms with Crippen LogP contribution < -0.4 is 0 Å². The maximum Gasteiger partial charge on any atom is 0.0645 e. The van der Waals surface area contributed by atoms with Crippen molar-refractivity contribution >= 4 is 0 Å². The van der Waals surface area contributed by atoms with Crippen LogP contribution in [0.3, 0.4) is 0 Å². The van der Waals surface area contributed by atoms with Gasteiger partial charge in [0.2, 0.25) is 0 Å². The number of hydrogen-bond donors (Lipinski definition) is 2. The maximum atomic E-state index is 10.5. The first-order valence-electron chi connectivity index (χ1n) is 6.47. The molecule has 2 heteroatoms. The molecule has 0 aromatic heterocycles. The second-order valence-electron chi connectivity index (χ2n) is 6.25. The molecule has 0 amide bonds. The molecular formula is C15H24O2. The molecule has 2 aliphatic rings. The van der Waals surface area contributed by atoms with Crippen LogP contribution in [-0.2, 0) is 0 Å². The van der Waals surface area contributed by atoms with Gasteiger partial charge < -0.3 is 10.2 Å². The lowest BCUT2D eigenvalue weighted by Gasteiger charge is -2.51. The van der Waals surface area contributed by atoms with E-state index >= 15 is 0 Å². The molecule has 0 saturated heterocycles. The summed E-state index contributed by atoms with van der Waals surface area (Å²) in [5.74, 6) is 0.129. The normalized spacial score (nSPS) is 50.4. The highest BCUT2D eigenvalue weighted by atomic mass is 16.3. The van der Waals surface area contributed by atoms with Crippen LogP contribution in [-0.4, -0.2) is 22.4 Å². The number of rotatable bonds is 1. The molecule has 0 heterocycles. The second-order valence-corrected chi connectivity index (χ2v) is 6.25. The van der Waals surface area contributed by atoms with E-state index in [2.05, 4.69) is 34.3 Å². The summed E-state index contributed by atoms with van der Waals surface area (Å²) in [7, 11) is 0. The molecule has 0 aromatic carbocycles. The molecule has 5 atom stereocenters. The van der Waals surface area contributed by atoms with Crippen LogP contribution >= 0.6 is 0 Å². The average Bonchev–Trinajstić information content (AvgIpc) is 2.47. The summed E-state index contributed by atoms with van der Waals surface area (Å²) >= 11 is 0. The van der Waals surface area contributed by atoms with Crippen molar-refractivity contribution in [3.8, 4) is 0 Å². The SMILES string of the molecule is C=CC1=C(C)[C@]2(C)C[C@@H](O)[C@@H](C)[C@]2(C)[C@H](O)C1. The predicted octanol–water partition coefficient (Wildman–Crippen LogP) is 2.67. The molecule has 1 fully saturated rings. The Hall–Kier alpha value is -0.600. The van der Waals surface area contributed by atoms with Crippen LogP contribution in [0.5, 0.6) is 0 Å². The quantitative estimate of drug-likeness (QED) is 0.735. The van der Waals surface area contributed by atoms with E-state index in [0.717, 1.165) is 12.0 Å². The Morgan fingerprint density at radius 3 is 2.47 bits per heavy atom. The largest absolute Gasteiger partial charge is 0.393 e. The van der Waals surface area contributed by atoms with Crippen LogP contribution in [0.1, 0.15) is 40.5 Å². The molecular weight excluding hydrogens is 212 g/mol. The van der Waals surface area contributed by atoms with Gasteiger partial charge in [-0.3, -0.25) is 0 Å². The van der Waals surface area contributed by atoms with Crippen molar-refractivity contribution in [2.24, 2.45) is 16.7 Å². The predicted molar refractivity (Wildman–Crippen MR) is 69.5 cm³/mol. The standard InChI is InChI=1S/C15H24O2/c1-6-11-7-13(17)15(5)10(3)12(16)8-14(15,4)9(11)2/h6,10,12-13,16-17H,1,7-8H2,2-5H3/t10-,12-,13-,14+,15-/m1/s1. The fourth-order valence-corrected chi connectivity index (χ4v) is 4.11. The van der Waals surface area contributed by atoms with Crippen LogP contribution in [0.2, 0.25) is 0 Å². The monoisotopic (exact) mass is 236 g/mol. The molecule has 0 radical (unpaired) electrons. The number of hydrogen-bond acceptors (Lipinski definition) is 2. The lowest BCUT2D eigenvalue weighted by Crippen LogP contribution is -2.50. The number of aliphatic hydroxyl groups excluding tert-OH is 2. The Morgan fingerprint density at radius 1 is 1.35 bits per heavy atom. The Balaban J connectivity index is 2.61. The summed E-state index contributed by atoms with van der Waals surface area (Å²) in [5, 5.41) is 20.7. The lowest BCUT2D eigenvalue weighted by molar-refractivity contribution is -0.0612. The Kier molecular flexibility index (Phi) is 2.79. The third kappa shape index (κ3) is 1.34. The highest BCUT2D eigenvalue weighted by Crippen LogP contribution is 2.64. The van der Waals surface area contributed by atoms with Crippen molar-refractivity contribution in [2.45, 2.75) is 52.7 Å². The first-order valence-corrected chi connectivity index (χ1v) is 6.47. The molecule has 96 valence electrons. The molecule has 2 N–H and O–H groups in total. The van der Waals surface area contributed by atoms with E-state index in [0.29, 0.717) is 6.42 Å². The molecule has 0 bridgehead atoms. The van der Waals surface area contributed by atoms with E-state index in [1.165, 1.54) is 5.57 Å². The summed E-state index contributed by atoms with van der Waals surface area (Å²) in [6, 6.07) is 0. The first kappa shape index (κ1) is 12.8. The van der Waals surface area contributed by atoms with Gasteiger partial charge >= 0.3 is 0 Å². The lowest BCUT2D eigenvalue weighted by atomic mass is 9.54. The molecule has 2 rings (SSSR count). The third-order valence-electron chi connectivity index (χ3n) is 5.99. The van der Waals surface area contributed by atoms with Crippen LogP contribution in [0.25, 0.3) is 0 Å². The van der Waals surface area contributed by atoms with Crippen molar-refractivity contribution < 1.29 is 10.2 Å². The summed E-state index contributed by atoms with van der Waals surface area (Å²) in [6.07, 6.45) is 2.55. The molecule has 0 aliphatic heterocycles. The minimum Gasteiger partial charge on any atom is -0.393 e. The van der Waals surface area contributed by atoms with E-state index in [-0.39, 0.29) is 22.9 Å². The van der Waals surface area contributed by atoms with Crippen LogP contribution in [0, 0.1) is 16.7 Å². The average molecular weight is 236 g/mol. The van der Waals surface area contributed by atoms with E-state index in [1.54, 1.807) is 0 Å². The molecule has 17 heavy (non-hydrogen) atoms. The first-order chi connectivity index (χ1) is 7.79. The van der Waals surface area contributed by atoms with Crippen molar-refractivity contribution in [1.82, 2.24) is 0 Å². The summed E-state index contributed by atoms with van der Waals surface area (Å²) in [6.45, 7) is 12.3. The summed E-state index contributed by atoms with van der Waals surface area (Å²) in [4.78, 5) is 0. The topological polar surface area (TPSA) is 40.5 Å². The Bertz CT molecular complexity index is 384. The maximum absolute atomic E-state index is 10.5. The van der Waals surface area contributed by atoms with E-state index < -0.39 is 6.10 Å². The van der Waals surface area contributed by atoms with Crippen LogP contribution in [0.4, 0.5) is 0 Å². The number of aliphatic hydroxyl groups is 2. The third-order valence-corrected chi connectivity index (χ3v) is 5.99. The van der Waals surface area contributed by atoms with E-state index in [1.807, 2.05) is 6.08 Å². The molecule has 0 spiro atoms. The molecule has 2 nitrogen and oxygen atoms in total. The highest BCUT2D eigenvalue weighted by Gasteiger charge is 2.62. The zero-order valence-electron chi connectivity index (χ0n) is 11.3. The van der Waals surface area contributed by atoms with Gasteiger partial charge in [0.1, 0.15) is 0 Å². The van der Waals surface area contributed by atoms with Crippen molar-refractivity contribution in [2.75, 3.05) is 0 Å². The van der Waals surface area contributed by atoms with E-state index in [9.17, 15) is 10.2 Å². The van der Waals surface area contributed by atoms with Gasteiger partial charge in [-0.05, 0) is 36.7 Å². The van der Waals surface area contributed by atoms with Crippen molar-refractivity contribution in [1.29, 1.82) is 0 Å². The van der Waals surface area contributed by atoms with Crippen molar-refractivity contribution in [3.05, 3.63) is 23.8 Å². The zero-order chi connectivity index (χ0) is 13.0. The number of fused-ring (bicyclic) bond motifs is 1. The molecule has 2 aliphatic carbocycles. The van der Waals surface area contributed by atoms with Gasteiger partial charge in [0.15, 0.2) is 0 Å². The van der Waals surface area contributed by atoms with E-state index in [4.69, 9.17) is 0 Å². The second kappa shape index (κ2) is 3.69. The number of allylic oxidation sites excluding steroid dienone is 2. The molecule has 1 saturated carbocycles. The van der Waals surface area contributed by atoms with Gasteiger partial charge in [-0.25, -0.2) is 0 Å². The van der Waals surface area contributed by atoms with Gasteiger partial charge in [-0.15, -0.1) is 0 Å². The van der Waals surface area contributed by atoms with Gasteiger partial charge in [0, 0.05) is 5.41 Å². The fourth-order valence-electron chi connectivity index (χ4n) is 4.11. The fraction of sp³-hybridized carbons (Fsp3) is 0.733. The summed E-state index contributed by atoms with van der Waals surface area (Å²) in [5.41, 5.74) is 2.10. The van der Waals surface area contributed by atoms with Crippen LogP contribution in [0.15, 0.2) is 23.8 Å².